The zero-order valence-corrected chi connectivity index (χ0v) is 15.5. The maximum atomic E-state index is 12.4. The van der Waals surface area contributed by atoms with Crippen LogP contribution in [-0.4, -0.2) is 15.7 Å². The first-order chi connectivity index (χ1) is 11.8. The SMILES string of the molecule is C[C@H]1c2cc(Cl)cc(Cl)c2CCN1c1c(C#N)c(=O)n(C)c(=O)n1C. The quantitative estimate of drug-likeness (QED) is 0.763. The van der Waals surface area contributed by atoms with Gasteiger partial charge < -0.3 is 4.90 Å². The number of nitriles is 1. The molecule has 1 aliphatic rings. The van der Waals surface area contributed by atoms with E-state index in [1.54, 1.807) is 13.1 Å². The number of nitrogens with zero attached hydrogens (tertiary/aromatic N) is 4. The summed E-state index contributed by atoms with van der Waals surface area (Å²) in [6.45, 7) is 2.47. The monoisotopic (exact) mass is 378 g/mol. The Morgan fingerprint density at radius 1 is 1.20 bits per heavy atom. The Balaban J connectivity index is 2.25. The molecule has 0 amide bonds. The number of rotatable bonds is 1. The highest BCUT2D eigenvalue weighted by Gasteiger charge is 2.30. The number of fused-ring (bicyclic) bond motifs is 1. The first-order valence-electron chi connectivity index (χ1n) is 7.72. The van der Waals surface area contributed by atoms with Crippen molar-refractivity contribution in [1.82, 2.24) is 9.13 Å². The summed E-state index contributed by atoms with van der Waals surface area (Å²) in [7, 11) is 2.93. The molecule has 25 heavy (non-hydrogen) atoms. The van der Waals surface area contributed by atoms with Crippen molar-refractivity contribution >= 4 is 29.0 Å². The van der Waals surface area contributed by atoms with Crippen molar-refractivity contribution in [3.63, 3.8) is 0 Å². The number of hydrogen-bond acceptors (Lipinski definition) is 4. The lowest BCUT2D eigenvalue weighted by Crippen LogP contribution is -2.45. The zero-order chi connectivity index (χ0) is 18.5. The molecule has 1 aromatic carbocycles. The van der Waals surface area contributed by atoms with Gasteiger partial charge in [-0.2, -0.15) is 5.26 Å². The van der Waals surface area contributed by atoms with Crippen molar-refractivity contribution in [3.8, 4) is 6.07 Å². The van der Waals surface area contributed by atoms with Crippen molar-refractivity contribution in [1.29, 1.82) is 5.26 Å². The third-order valence-corrected chi connectivity index (χ3v) is 5.29. The molecular weight excluding hydrogens is 363 g/mol. The molecule has 1 atom stereocenters. The second kappa shape index (κ2) is 6.25. The molecule has 0 bridgehead atoms. The molecule has 0 saturated carbocycles. The van der Waals surface area contributed by atoms with Crippen LogP contribution in [0.3, 0.4) is 0 Å². The van der Waals surface area contributed by atoms with Gasteiger partial charge >= 0.3 is 5.69 Å². The molecule has 2 aromatic rings. The van der Waals surface area contributed by atoms with Crippen molar-refractivity contribution in [2.45, 2.75) is 19.4 Å². The maximum Gasteiger partial charge on any atom is 0.332 e. The van der Waals surface area contributed by atoms with Crippen molar-refractivity contribution in [2.24, 2.45) is 14.1 Å². The Morgan fingerprint density at radius 3 is 2.52 bits per heavy atom. The van der Waals surface area contributed by atoms with Crippen LogP contribution in [0, 0.1) is 11.3 Å². The lowest BCUT2D eigenvalue weighted by atomic mass is 9.93. The van der Waals surface area contributed by atoms with E-state index in [4.69, 9.17) is 23.2 Å². The fourth-order valence-corrected chi connectivity index (χ4v) is 4.01. The summed E-state index contributed by atoms with van der Waals surface area (Å²) in [6.07, 6.45) is 0.629. The molecule has 0 saturated heterocycles. The Hall–Kier alpha value is -2.23. The second-order valence-electron chi connectivity index (χ2n) is 6.09. The van der Waals surface area contributed by atoms with E-state index in [1.807, 2.05) is 24.0 Å². The first-order valence-corrected chi connectivity index (χ1v) is 8.48. The summed E-state index contributed by atoms with van der Waals surface area (Å²) in [4.78, 5) is 26.6. The molecule has 6 nitrogen and oxygen atoms in total. The number of halogens is 2. The summed E-state index contributed by atoms with van der Waals surface area (Å²) in [5.41, 5.74) is 0.819. The molecule has 130 valence electrons. The van der Waals surface area contributed by atoms with E-state index in [1.165, 1.54) is 11.6 Å². The second-order valence-corrected chi connectivity index (χ2v) is 6.93. The predicted octanol–water partition coefficient (Wildman–Crippen LogP) is 2.39. The van der Waals surface area contributed by atoms with E-state index in [-0.39, 0.29) is 11.6 Å². The highest BCUT2D eigenvalue weighted by Crippen LogP contribution is 2.38. The van der Waals surface area contributed by atoms with Gasteiger partial charge in [-0.3, -0.25) is 13.9 Å². The maximum absolute atomic E-state index is 12.4. The largest absolute Gasteiger partial charge is 0.350 e. The molecular formula is C17H16Cl2N4O2. The van der Waals surface area contributed by atoms with Crippen LogP contribution in [0.1, 0.15) is 29.7 Å². The van der Waals surface area contributed by atoms with E-state index in [0.717, 1.165) is 15.7 Å². The summed E-state index contributed by atoms with van der Waals surface area (Å²) >= 11 is 12.4. The fraction of sp³-hybridized carbons (Fsp3) is 0.353. The molecule has 8 heteroatoms. The van der Waals surface area contributed by atoms with E-state index < -0.39 is 11.2 Å². The standard InChI is InChI=1S/C17H16Cl2N4O2/c1-9-12-6-10(18)7-14(19)11(12)4-5-23(9)15-13(8-20)16(24)22(3)17(25)21(15)2/h6-7,9H,4-5H2,1-3H3/t9-/m0/s1. The predicted molar refractivity (Wildman–Crippen MR) is 97.6 cm³/mol. The van der Waals surface area contributed by atoms with Crippen LogP contribution in [0.2, 0.25) is 10.0 Å². The van der Waals surface area contributed by atoms with Crippen LogP contribution in [0.25, 0.3) is 0 Å². The summed E-state index contributed by atoms with van der Waals surface area (Å²) in [5.74, 6) is 0.324. The van der Waals surface area contributed by atoms with Gasteiger partial charge in [-0.05, 0) is 36.6 Å². The number of anilines is 1. The summed E-state index contributed by atoms with van der Waals surface area (Å²) in [6, 6.07) is 5.31. The van der Waals surface area contributed by atoms with Gasteiger partial charge in [0.25, 0.3) is 5.56 Å². The zero-order valence-electron chi connectivity index (χ0n) is 14.0. The topological polar surface area (TPSA) is 71.0 Å². The van der Waals surface area contributed by atoms with Crippen molar-refractivity contribution in [3.05, 3.63) is 59.7 Å². The molecule has 0 fully saturated rings. The van der Waals surface area contributed by atoms with Gasteiger partial charge in [0.05, 0.1) is 6.04 Å². The Labute approximate surface area is 154 Å². The van der Waals surface area contributed by atoms with Crippen LogP contribution in [0.4, 0.5) is 5.82 Å². The minimum absolute atomic E-state index is 0.0481. The first kappa shape index (κ1) is 17.6. The van der Waals surface area contributed by atoms with Crippen LogP contribution in [-0.2, 0) is 20.5 Å². The number of benzene rings is 1. The van der Waals surface area contributed by atoms with E-state index >= 15 is 0 Å². The van der Waals surface area contributed by atoms with Gasteiger partial charge in [0.2, 0.25) is 0 Å². The third kappa shape index (κ3) is 2.64. The van der Waals surface area contributed by atoms with E-state index in [2.05, 4.69) is 0 Å². The highest BCUT2D eigenvalue weighted by atomic mass is 35.5. The van der Waals surface area contributed by atoms with Crippen LogP contribution in [0.15, 0.2) is 21.7 Å². The van der Waals surface area contributed by atoms with E-state index in [0.29, 0.717) is 28.8 Å². The lowest BCUT2D eigenvalue weighted by Gasteiger charge is -2.38. The molecule has 1 aliphatic heterocycles. The molecule has 0 N–H and O–H groups in total. The molecule has 1 aromatic heterocycles. The third-order valence-electron chi connectivity index (χ3n) is 4.73. The fourth-order valence-electron chi connectivity index (χ4n) is 3.41. The van der Waals surface area contributed by atoms with Gasteiger partial charge in [0, 0.05) is 30.7 Å². The van der Waals surface area contributed by atoms with Gasteiger partial charge in [0.1, 0.15) is 11.9 Å². The van der Waals surface area contributed by atoms with Crippen molar-refractivity contribution < 1.29 is 0 Å². The minimum Gasteiger partial charge on any atom is -0.350 e. The molecule has 3 rings (SSSR count). The van der Waals surface area contributed by atoms with Gasteiger partial charge in [-0.15, -0.1) is 0 Å². The number of aromatic nitrogens is 2. The highest BCUT2D eigenvalue weighted by molar-refractivity contribution is 6.35. The lowest BCUT2D eigenvalue weighted by molar-refractivity contribution is 0.581. The van der Waals surface area contributed by atoms with Crippen LogP contribution >= 0.6 is 23.2 Å². The van der Waals surface area contributed by atoms with Crippen LogP contribution in [0.5, 0.6) is 0 Å². The van der Waals surface area contributed by atoms with Gasteiger partial charge in [-0.25, -0.2) is 4.79 Å². The molecule has 0 aliphatic carbocycles. The Kier molecular flexibility index (Phi) is 4.40. The number of hydrogen-bond donors (Lipinski definition) is 0. The summed E-state index contributed by atoms with van der Waals surface area (Å²) < 4.78 is 2.28. The smallest absolute Gasteiger partial charge is 0.332 e. The average molecular weight is 379 g/mol. The minimum atomic E-state index is -0.595. The summed E-state index contributed by atoms with van der Waals surface area (Å²) in [5, 5.41) is 10.6. The molecule has 0 unspecified atom stereocenters. The van der Waals surface area contributed by atoms with Gasteiger partial charge in [-0.1, -0.05) is 23.2 Å². The van der Waals surface area contributed by atoms with Crippen molar-refractivity contribution in [2.75, 3.05) is 11.4 Å². The molecule has 2 heterocycles. The average Bonchev–Trinajstić information content (AvgIpc) is 2.57. The Bertz CT molecular complexity index is 1030. The Morgan fingerprint density at radius 2 is 1.88 bits per heavy atom. The van der Waals surface area contributed by atoms with Crippen LogP contribution < -0.4 is 16.1 Å². The van der Waals surface area contributed by atoms with Gasteiger partial charge in [0.15, 0.2) is 5.56 Å². The van der Waals surface area contributed by atoms with E-state index in [9.17, 15) is 14.9 Å². The molecule has 0 radical (unpaired) electrons. The molecule has 0 spiro atoms. The normalized spacial score (nSPS) is 16.5.